The van der Waals surface area contributed by atoms with E-state index in [0.29, 0.717) is 17.1 Å². The van der Waals surface area contributed by atoms with Gasteiger partial charge in [0, 0.05) is 36.6 Å². The highest BCUT2D eigenvalue weighted by atomic mass is 16.2. The van der Waals surface area contributed by atoms with E-state index in [1.807, 2.05) is 92.3 Å². The van der Waals surface area contributed by atoms with Crippen molar-refractivity contribution in [2.75, 3.05) is 5.73 Å². The molecule has 0 saturated carbocycles. The van der Waals surface area contributed by atoms with Crippen LogP contribution in [0.15, 0.2) is 73.2 Å². The zero-order chi connectivity index (χ0) is 26.4. The molecule has 0 fully saturated rings. The molecule has 10 heteroatoms. The average molecular weight is 504 g/mol. The molecule has 10 nitrogen and oxygen atoms in total. The first kappa shape index (κ1) is 23.3. The number of aromatic nitrogens is 7. The van der Waals surface area contributed by atoms with Crippen molar-refractivity contribution in [3.8, 4) is 22.6 Å². The number of nitrogens with two attached hydrogens (primary N) is 1. The van der Waals surface area contributed by atoms with E-state index in [4.69, 9.17) is 10.7 Å². The van der Waals surface area contributed by atoms with Gasteiger partial charge in [-0.2, -0.15) is 5.10 Å². The number of benzene rings is 1. The summed E-state index contributed by atoms with van der Waals surface area (Å²) in [6.07, 6.45) is 5.51. The summed E-state index contributed by atoms with van der Waals surface area (Å²) in [7, 11) is 1.83. The van der Waals surface area contributed by atoms with Crippen molar-refractivity contribution < 1.29 is 4.79 Å². The van der Waals surface area contributed by atoms with Crippen molar-refractivity contribution >= 4 is 28.1 Å². The number of rotatable bonds is 5. The standard InChI is InChI=1S/C28H25N9O/c1-16(23-22-8-4-5-13-37(22)17(2)32-23)31-28(38)26-27(29)34-25(21-11-14-36(3)35-21)24(33-26)19-9-10-20-18(15-19)7-6-12-30-20/h4-16H,1-3H3,(H2,29,34)(H,31,38). The highest BCUT2D eigenvalue weighted by Gasteiger charge is 2.24. The van der Waals surface area contributed by atoms with Gasteiger partial charge in [0.25, 0.3) is 5.91 Å². The third kappa shape index (κ3) is 4.01. The van der Waals surface area contributed by atoms with Crippen LogP contribution in [0.1, 0.15) is 35.0 Å². The molecule has 0 aliphatic carbocycles. The Bertz CT molecular complexity index is 1840. The predicted molar refractivity (Wildman–Crippen MR) is 145 cm³/mol. The zero-order valence-corrected chi connectivity index (χ0v) is 21.1. The smallest absolute Gasteiger partial charge is 0.274 e. The minimum atomic E-state index is -0.437. The van der Waals surface area contributed by atoms with Gasteiger partial charge in [0.05, 0.1) is 28.5 Å². The van der Waals surface area contributed by atoms with E-state index in [0.717, 1.165) is 33.5 Å². The summed E-state index contributed by atoms with van der Waals surface area (Å²) < 4.78 is 3.67. The van der Waals surface area contributed by atoms with Gasteiger partial charge >= 0.3 is 0 Å². The van der Waals surface area contributed by atoms with Crippen molar-refractivity contribution in [1.82, 2.24) is 39.4 Å². The van der Waals surface area contributed by atoms with Crippen molar-refractivity contribution in [2.45, 2.75) is 19.9 Å². The lowest BCUT2D eigenvalue weighted by Crippen LogP contribution is -2.29. The van der Waals surface area contributed by atoms with Crippen LogP contribution in [0.25, 0.3) is 39.1 Å². The Kier molecular flexibility index (Phi) is 5.56. The largest absolute Gasteiger partial charge is 0.382 e. The number of nitrogens with zero attached hydrogens (tertiary/aromatic N) is 7. The molecule has 6 rings (SSSR count). The molecule has 0 saturated heterocycles. The third-order valence-corrected chi connectivity index (χ3v) is 6.48. The van der Waals surface area contributed by atoms with Crippen LogP contribution >= 0.6 is 0 Å². The lowest BCUT2D eigenvalue weighted by atomic mass is 10.0. The molecular formula is C28H25N9O. The Morgan fingerprint density at radius 2 is 1.87 bits per heavy atom. The second-order valence-electron chi connectivity index (χ2n) is 9.14. The lowest BCUT2D eigenvalue weighted by Gasteiger charge is -2.15. The van der Waals surface area contributed by atoms with E-state index < -0.39 is 5.91 Å². The normalized spacial score (nSPS) is 12.2. The van der Waals surface area contributed by atoms with Crippen LogP contribution in [0.4, 0.5) is 5.82 Å². The predicted octanol–water partition coefficient (Wildman–Crippen LogP) is 4.12. The van der Waals surface area contributed by atoms with Gasteiger partial charge in [-0.1, -0.05) is 18.2 Å². The Balaban J connectivity index is 1.42. The molecular weight excluding hydrogens is 478 g/mol. The molecule has 38 heavy (non-hydrogen) atoms. The van der Waals surface area contributed by atoms with Gasteiger partial charge in [-0.15, -0.1) is 0 Å². The molecule has 0 radical (unpaired) electrons. The van der Waals surface area contributed by atoms with Crippen LogP contribution in [-0.4, -0.2) is 40.0 Å². The SMILES string of the molecule is Cc1nc(C(C)NC(=O)c2nc(-c3ccc4ncccc4c3)c(-c3ccn(C)n3)nc2N)c2ccccn12. The first-order valence-corrected chi connectivity index (χ1v) is 12.2. The summed E-state index contributed by atoms with van der Waals surface area (Å²) in [5, 5.41) is 8.44. The van der Waals surface area contributed by atoms with Gasteiger partial charge in [-0.05, 0) is 50.2 Å². The van der Waals surface area contributed by atoms with Gasteiger partial charge in [-0.3, -0.25) is 14.5 Å². The Labute approximate surface area is 218 Å². The molecule has 1 aromatic carbocycles. The van der Waals surface area contributed by atoms with Crippen molar-refractivity contribution in [3.63, 3.8) is 0 Å². The molecule has 1 atom stereocenters. The van der Waals surface area contributed by atoms with Crippen LogP contribution in [0.3, 0.4) is 0 Å². The number of aryl methyl sites for hydroxylation is 2. The van der Waals surface area contributed by atoms with E-state index in [-0.39, 0.29) is 17.6 Å². The summed E-state index contributed by atoms with van der Waals surface area (Å²) in [5.41, 5.74) is 11.3. The maximum absolute atomic E-state index is 13.5. The van der Waals surface area contributed by atoms with E-state index in [1.165, 1.54) is 0 Å². The first-order valence-electron chi connectivity index (χ1n) is 12.2. The van der Waals surface area contributed by atoms with Gasteiger partial charge < -0.3 is 15.5 Å². The number of hydrogen-bond acceptors (Lipinski definition) is 7. The lowest BCUT2D eigenvalue weighted by molar-refractivity contribution is 0.0935. The van der Waals surface area contributed by atoms with Gasteiger partial charge in [-0.25, -0.2) is 15.0 Å². The van der Waals surface area contributed by atoms with Crippen LogP contribution in [0.5, 0.6) is 0 Å². The van der Waals surface area contributed by atoms with Crippen molar-refractivity contribution in [1.29, 1.82) is 0 Å². The zero-order valence-electron chi connectivity index (χ0n) is 21.1. The van der Waals surface area contributed by atoms with Crippen LogP contribution < -0.4 is 11.1 Å². The molecule has 5 aromatic heterocycles. The maximum atomic E-state index is 13.5. The molecule has 0 aliphatic heterocycles. The molecule has 6 aromatic rings. The van der Waals surface area contributed by atoms with Crippen molar-refractivity contribution in [2.24, 2.45) is 7.05 Å². The molecule has 0 spiro atoms. The van der Waals surface area contributed by atoms with E-state index >= 15 is 0 Å². The number of carbonyl (C=O) groups is 1. The summed E-state index contributed by atoms with van der Waals surface area (Å²) in [6.45, 7) is 3.81. The number of nitrogens with one attached hydrogen (secondary N) is 1. The number of fused-ring (bicyclic) bond motifs is 2. The third-order valence-electron chi connectivity index (χ3n) is 6.48. The number of nitrogen functional groups attached to an aromatic ring is 1. The molecule has 1 amide bonds. The van der Waals surface area contributed by atoms with Gasteiger partial charge in [0.15, 0.2) is 11.5 Å². The van der Waals surface area contributed by atoms with Gasteiger partial charge in [0.1, 0.15) is 17.2 Å². The fourth-order valence-corrected chi connectivity index (χ4v) is 4.63. The Morgan fingerprint density at radius 1 is 1.00 bits per heavy atom. The molecule has 5 heterocycles. The molecule has 3 N–H and O–H groups in total. The number of amides is 1. The Morgan fingerprint density at radius 3 is 2.68 bits per heavy atom. The highest BCUT2D eigenvalue weighted by Crippen LogP contribution is 2.32. The van der Waals surface area contributed by atoms with Crippen LogP contribution in [0.2, 0.25) is 0 Å². The van der Waals surface area contributed by atoms with E-state index in [9.17, 15) is 4.79 Å². The minimum absolute atomic E-state index is 0.0208. The fraction of sp³-hybridized carbons (Fsp3) is 0.143. The second-order valence-corrected chi connectivity index (χ2v) is 9.14. The summed E-state index contributed by atoms with van der Waals surface area (Å²) in [6, 6.07) is 17.0. The number of hydrogen-bond donors (Lipinski definition) is 2. The topological polar surface area (TPSA) is 129 Å². The summed E-state index contributed by atoms with van der Waals surface area (Å²) in [4.78, 5) is 31.9. The monoisotopic (exact) mass is 503 g/mol. The van der Waals surface area contributed by atoms with E-state index in [2.05, 4.69) is 25.4 Å². The Hall–Kier alpha value is -5.12. The second kappa shape index (κ2) is 9.07. The van der Waals surface area contributed by atoms with Gasteiger partial charge in [0.2, 0.25) is 0 Å². The minimum Gasteiger partial charge on any atom is -0.382 e. The number of pyridine rings is 2. The summed E-state index contributed by atoms with van der Waals surface area (Å²) >= 11 is 0. The molecule has 1 unspecified atom stereocenters. The average Bonchev–Trinajstić information content (AvgIpc) is 3.51. The van der Waals surface area contributed by atoms with Crippen LogP contribution in [-0.2, 0) is 7.05 Å². The maximum Gasteiger partial charge on any atom is 0.274 e. The van der Waals surface area contributed by atoms with E-state index in [1.54, 1.807) is 10.9 Å². The summed E-state index contributed by atoms with van der Waals surface area (Å²) in [5.74, 6) is 0.421. The molecule has 188 valence electrons. The number of anilines is 1. The quantitative estimate of drug-likeness (QED) is 0.362. The highest BCUT2D eigenvalue weighted by molar-refractivity contribution is 5.98. The van der Waals surface area contributed by atoms with Crippen molar-refractivity contribution in [3.05, 3.63) is 90.4 Å². The van der Waals surface area contributed by atoms with Crippen LogP contribution in [0, 0.1) is 6.92 Å². The number of imidazole rings is 1. The molecule has 0 bridgehead atoms. The first-order chi connectivity index (χ1) is 18.4. The fourth-order valence-electron chi connectivity index (χ4n) is 4.63. The number of carbonyl (C=O) groups excluding carboxylic acids is 1. The molecule has 0 aliphatic rings.